The van der Waals surface area contributed by atoms with Gasteiger partial charge in [0.2, 0.25) is 0 Å². The van der Waals surface area contributed by atoms with Gasteiger partial charge in [0.05, 0.1) is 6.10 Å². The minimum Gasteiger partial charge on any atom is -0.376 e. The third-order valence-corrected chi connectivity index (χ3v) is 5.34. The van der Waals surface area contributed by atoms with Crippen LogP contribution in [-0.4, -0.2) is 43.8 Å². The minimum absolute atomic E-state index is 0.104. The number of ether oxygens (including phenoxy) is 1. The molecule has 0 bridgehead atoms. The number of carbonyl (C=O) groups excluding carboxylic acids is 2. The number of amides is 3. The van der Waals surface area contributed by atoms with Crippen molar-refractivity contribution in [3.05, 3.63) is 54.1 Å². The number of hydrogen-bond donors (Lipinski definition) is 3. The number of urea groups is 1. The molecule has 3 N–H and O–H groups in total. The van der Waals surface area contributed by atoms with Crippen LogP contribution < -0.4 is 20.9 Å². The van der Waals surface area contributed by atoms with Gasteiger partial charge in [-0.15, -0.1) is 0 Å². The monoisotopic (exact) mass is 424 g/mol. The molecule has 0 radical (unpaired) electrons. The van der Waals surface area contributed by atoms with E-state index >= 15 is 0 Å². The van der Waals surface area contributed by atoms with Crippen LogP contribution in [0, 0.1) is 0 Å². The third kappa shape index (κ3) is 6.46. The highest BCUT2D eigenvalue weighted by Crippen LogP contribution is 2.19. The Morgan fingerprint density at radius 3 is 2.23 bits per heavy atom. The fourth-order valence-electron chi connectivity index (χ4n) is 3.68. The Bertz CT molecular complexity index is 859. The van der Waals surface area contributed by atoms with Gasteiger partial charge in [-0.05, 0) is 82.1 Å². The van der Waals surface area contributed by atoms with Crippen LogP contribution in [0.2, 0.25) is 0 Å². The van der Waals surface area contributed by atoms with Crippen LogP contribution in [0.4, 0.5) is 21.9 Å². The van der Waals surface area contributed by atoms with E-state index in [9.17, 15) is 9.59 Å². The van der Waals surface area contributed by atoms with Crippen molar-refractivity contribution in [2.45, 2.75) is 45.8 Å². The molecule has 1 fully saturated rings. The predicted octanol–water partition coefficient (Wildman–Crippen LogP) is 4.47. The van der Waals surface area contributed by atoms with Gasteiger partial charge >= 0.3 is 6.03 Å². The Balaban J connectivity index is 1.50. The van der Waals surface area contributed by atoms with Crippen molar-refractivity contribution in [2.24, 2.45) is 0 Å². The SMILES string of the molecule is CCN(c1ccc(C(=O)Nc2ccc(NC(=O)NCC3CCCO3)cc2)cc1)C(C)C. The topological polar surface area (TPSA) is 82.7 Å². The molecular weight excluding hydrogens is 392 g/mol. The largest absolute Gasteiger partial charge is 0.376 e. The molecule has 1 saturated heterocycles. The molecule has 1 aliphatic heterocycles. The van der Waals surface area contributed by atoms with Crippen molar-refractivity contribution in [3.63, 3.8) is 0 Å². The second-order valence-electron chi connectivity index (χ2n) is 7.93. The highest BCUT2D eigenvalue weighted by Gasteiger charge is 2.16. The van der Waals surface area contributed by atoms with Crippen molar-refractivity contribution < 1.29 is 14.3 Å². The maximum absolute atomic E-state index is 12.6. The molecule has 0 aliphatic carbocycles. The summed E-state index contributed by atoms with van der Waals surface area (Å²) in [4.78, 5) is 26.8. The van der Waals surface area contributed by atoms with E-state index in [-0.39, 0.29) is 18.0 Å². The molecule has 7 nitrogen and oxygen atoms in total. The Labute approximate surface area is 184 Å². The number of hydrogen-bond acceptors (Lipinski definition) is 4. The number of carbonyl (C=O) groups is 2. The zero-order chi connectivity index (χ0) is 22.2. The molecule has 2 aromatic rings. The number of nitrogens with one attached hydrogen (secondary N) is 3. The van der Waals surface area contributed by atoms with Crippen LogP contribution >= 0.6 is 0 Å². The van der Waals surface area contributed by atoms with Crippen molar-refractivity contribution >= 4 is 29.0 Å². The number of anilines is 3. The number of benzene rings is 2. The van der Waals surface area contributed by atoms with Gasteiger partial charge in [0, 0.05) is 48.4 Å². The molecule has 3 rings (SSSR count). The maximum Gasteiger partial charge on any atom is 0.319 e. The molecule has 166 valence electrons. The maximum atomic E-state index is 12.6. The average Bonchev–Trinajstić information content (AvgIpc) is 3.28. The normalized spacial score (nSPS) is 15.5. The van der Waals surface area contributed by atoms with E-state index in [0.29, 0.717) is 29.5 Å². The summed E-state index contributed by atoms with van der Waals surface area (Å²) in [7, 11) is 0. The fourth-order valence-corrected chi connectivity index (χ4v) is 3.68. The Kier molecular flexibility index (Phi) is 7.89. The summed E-state index contributed by atoms with van der Waals surface area (Å²) in [6.45, 7) is 8.60. The molecule has 1 unspecified atom stereocenters. The molecule has 31 heavy (non-hydrogen) atoms. The van der Waals surface area contributed by atoms with Crippen molar-refractivity contribution in [3.8, 4) is 0 Å². The second-order valence-corrected chi connectivity index (χ2v) is 7.93. The molecule has 1 aliphatic rings. The van der Waals surface area contributed by atoms with Gasteiger partial charge in [0.25, 0.3) is 5.91 Å². The second kappa shape index (κ2) is 10.8. The smallest absolute Gasteiger partial charge is 0.319 e. The first-order chi connectivity index (χ1) is 15.0. The van der Waals surface area contributed by atoms with Crippen LogP contribution in [0.3, 0.4) is 0 Å². The highest BCUT2D eigenvalue weighted by atomic mass is 16.5. The highest BCUT2D eigenvalue weighted by molar-refractivity contribution is 6.04. The standard InChI is InChI=1S/C24H32N4O3/c1-4-28(17(2)3)21-13-7-18(8-14-21)23(29)26-19-9-11-20(12-10-19)27-24(30)25-16-22-6-5-15-31-22/h7-14,17,22H,4-6,15-16H2,1-3H3,(H,26,29)(H2,25,27,30). The summed E-state index contributed by atoms with van der Waals surface area (Å²) in [5.41, 5.74) is 3.01. The quantitative estimate of drug-likeness (QED) is 0.584. The molecular formula is C24H32N4O3. The lowest BCUT2D eigenvalue weighted by atomic mass is 10.1. The molecule has 0 spiro atoms. The van der Waals surface area contributed by atoms with Crippen molar-refractivity contribution in [1.29, 1.82) is 0 Å². The van der Waals surface area contributed by atoms with Crippen LogP contribution in [0.25, 0.3) is 0 Å². The first-order valence-corrected chi connectivity index (χ1v) is 10.9. The third-order valence-electron chi connectivity index (χ3n) is 5.34. The van der Waals surface area contributed by atoms with E-state index in [4.69, 9.17) is 4.74 Å². The molecule has 0 saturated carbocycles. The molecule has 7 heteroatoms. The van der Waals surface area contributed by atoms with E-state index in [1.165, 1.54) is 0 Å². The van der Waals surface area contributed by atoms with Crippen LogP contribution in [-0.2, 0) is 4.74 Å². The van der Waals surface area contributed by atoms with E-state index in [2.05, 4.69) is 41.6 Å². The van der Waals surface area contributed by atoms with Gasteiger partial charge in [-0.25, -0.2) is 4.79 Å². The minimum atomic E-state index is -0.269. The van der Waals surface area contributed by atoms with Gasteiger partial charge in [0.1, 0.15) is 0 Å². The first-order valence-electron chi connectivity index (χ1n) is 10.9. The van der Waals surface area contributed by atoms with Gasteiger partial charge in [0.15, 0.2) is 0 Å². The lowest BCUT2D eigenvalue weighted by molar-refractivity contribution is 0.102. The zero-order valence-corrected chi connectivity index (χ0v) is 18.5. The summed E-state index contributed by atoms with van der Waals surface area (Å²) >= 11 is 0. The molecule has 3 amide bonds. The Morgan fingerprint density at radius 1 is 1.03 bits per heavy atom. The molecule has 0 aromatic heterocycles. The lowest BCUT2D eigenvalue weighted by Gasteiger charge is -2.27. The zero-order valence-electron chi connectivity index (χ0n) is 18.5. The number of rotatable bonds is 8. The number of nitrogens with zero attached hydrogens (tertiary/aromatic N) is 1. The molecule has 1 atom stereocenters. The van der Waals surface area contributed by atoms with E-state index < -0.39 is 0 Å². The van der Waals surface area contributed by atoms with E-state index in [1.807, 2.05) is 24.3 Å². The first kappa shape index (κ1) is 22.6. The summed E-state index contributed by atoms with van der Waals surface area (Å²) < 4.78 is 5.49. The van der Waals surface area contributed by atoms with Crippen LogP contribution in [0.1, 0.15) is 44.0 Å². The summed E-state index contributed by atoms with van der Waals surface area (Å²) in [5.74, 6) is -0.172. The van der Waals surface area contributed by atoms with Gasteiger partial charge < -0.3 is 25.6 Å². The van der Waals surface area contributed by atoms with Crippen molar-refractivity contribution in [1.82, 2.24) is 5.32 Å². The van der Waals surface area contributed by atoms with E-state index in [0.717, 1.165) is 31.7 Å². The van der Waals surface area contributed by atoms with Crippen LogP contribution in [0.5, 0.6) is 0 Å². The van der Waals surface area contributed by atoms with Crippen molar-refractivity contribution in [2.75, 3.05) is 35.2 Å². The fraction of sp³-hybridized carbons (Fsp3) is 0.417. The van der Waals surface area contributed by atoms with Gasteiger partial charge in [-0.1, -0.05) is 0 Å². The molecule has 2 aromatic carbocycles. The average molecular weight is 425 g/mol. The Hall–Kier alpha value is -3.06. The summed E-state index contributed by atoms with van der Waals surface area (Å²) in [6, 6.07) is 14.8. The Morgan fingerprint density at radius 2 is 1.68 bits per heavy atom. The predicted molar refractivity (Wildman–Crippen MR) is 125 cm³/mol. The van der Waals surface area contributed by atoms with Gasteiger partial charge in [-0.3, -0.25) is 4.79 Å². The van der Waals surface area contributed by atoms with Crippen LogP contribution in [0.15, 0.2) is 48.5 Å². The summed E-state index contributed by atoms with van der Waals surface area (Å²) in [6.07, 6.45) is 2.12. The van der Waals surface area contributed by atoms with E-state index in [1.54, 1.807) is 24.3 Å². The van der Waals surface area contributed by atoms with Gasteiger partial charge in [-0.2, -0.15) is 0 Å². The summed E-state index contributed by atoms with van der Waals surface area (Å²) in [5, 5.41) is 8.49. The molecule has 1 heterocycles. The lowest BCUT2D eigenvalue weighted by Crippen LogP contribution is -2.35.